The van der Waals surface area contributed by atoms with E-state index in [0.717, 1.165) is 5.92 Å². The Kier molecular flexibility index (Phi) is 5.38. The molecule has 0 bridgehead atoms. The summed E-state index contributed by atoms with van der Waals surface area (Å²) in [4.78, 5) is 2.69. The van der Waals surface area contributed by atoms with Crippen LogP contribution in [0.3, 0.4) is 0 Å². The Hall–Kier alpha value is -0.120. The fraction of sp³-hybridized carbons (Fsp3) is 1.00. The molecule has 1 N–H and O–H groups in total. The van der Waals surface area contributed by atoms with Gasteiger partial charge in [-0.2, -0.15) is 0 Å². The summed E-state index contributed by atoms with van der Waals surface area (Å²) in [7, 11) is 2.08. The molecule has 0 radical (unpaired) electrons. The van der Waals surface area contributed by atoms with E-state index in [4.69, 9.17) is 4.74 Å². The number of nitrogens with one attached hydrogen (secondary N) is 1. The first-order valence-electron chi connectivity index (χ1n) is 8.90. The number of likely N-dealkylation sites (N-methyl/N-ethyl adjacent to an activating group) is 1. The van der Waals surface area contributed by atoms with Crippen molar-refractivity contribution < 1.29 is 4.74 Å². The van der Waals surface area contributed by atoms with Crippen LogP contribution in [0.25, 0.3) is 0 Å². The Morgan fingerprint density at radius 3 is 2.43 bits per heavy atom. The van der Waals surface area contributed by atoms with Gasteiger partial charge in [0.15, 0.2) is 0 Å². The van der Waals surface area contributed by atoms with Crippen LogP contribution in [-0.4, -0.2) is 48.8 Å². The lowest BCUT2D eigenvalue weighted by atomic mass is 9.82. The zero-order valence-electron chi connectivity index (χ0n) is 15.0. The van der Waals surface area contributed by atoms with Gasteiger partial charge in [-0.3, -0.25) is 0 Å². The second-order valence-corrected chi connectivity index (χ2v) is 8.19. The lowest BCUT2D eigenvalue weighted by Gasteiger charge is -2.34. The minimum absolute atomic E-state index is 0.0480. The maximum atomic E-state index is 6.38. The van der Waals surface area contributed by atoms with Gasteiger partial charge in [0, 0.05) is 18.5 Å². The van der Waals surface area contributed by atoms with E-state index in [0.29, 0.717) is 12.0 Å². The van der Waals surface area contributed by atoms with Crippen LogP contribution in [0.1, 0.15) is 60.3 Å². The summed E-state index contributed by atoms with van der Waals surface area (Å²) in [6, 6.07) is 0.428. The van der Waals surface area contributed by atoms with Crippen LogP contribution in [-0.2, 0) is 4.74 Å². The van der Waals surface area contributed by atoms with Crippen molar-refractivity contribution in [2.75, 3.05) is 26.7 Å². The van der Waals surface area contributed by atoms with Crippen LogP contribution in [0, 0.1) is 11.8 Å². The summed E-state index contributed by atoms with van der Waals surface area (Å²) in [6.45, 7) is 15.0. The predicted molar refractivity (Wildman–Crippen MR) is 89.7 cm³/mol. The highest BCUT2D eigenvalue weighted by atomic mass is 16.5. The highest BCUT2D eigenvalue weighted by Gasteiger charge is 2.53. The van der Waals surface area contributed by atoms with Crippen molar-refractivity contribution in [2.24, 2.45) is 11.8 Å². The molecule has 0 spiro atoms. The number of hydrogen-bond donors (Lipinski definition) is 1. The molecule has 0 amide bonds. The van der Waals surface area contributed by atoms with Gasteiger partial charge in [-0.15, -0.1) is 0 Å². The SMILES string of the molecule is CCC1CCCN(CC2C(NC)C(C)(C)OC2(C)C)CC1. The fourth-order valence-electron chi connectivity index (χ4n) is 4.67. The molecule has 124 valence electrons. The number of hydrogen-bond acceptors (Lipinski definition) is 3. The van der Waals surface area contributed by atoms with E-state index in [1.165, 1.54) is 45.3 Å². The molecule has 0 aromatic rings. The Bertz CT molecular complexity index is 340. The van der Waals surface area contributed by atoms with Gasteiger partial charge in [-0.1, -0.05) is 13.3 Å². The minimum atomic E-state index is -0.0826. The standard InChI is InChI=1S/C18H36N2O/c1-7-14-9-8-11-20(12-10-14)13-15-16(19-6)18(4,5)21-17(15,2)3/h14-16,19H,7-13H2,1-6H3. The van der Waals surface area contributed by atoms with Gasteiger partial charge in [0.05, 0.1) is 11.2 Å². The maximum Gasteiger partial charge on any atom is 0.0790 e. The van der Waals surface area contributed by atoms with E-state index < -0.39 is 0 Å². The quantitative estimate of drug-likeness (QED) is 0.861. The van der Waals surface area contributed by atoms with Gasteiger partial charge in [0.2, 0.25) is 0 Å². The van der Waals surface area contributed by atoms with E-state index in [2.05, 4.69) is 51.9 Å². The van der Waals surface area contributed by atoms with Crippen molar-refractivity contribution >= 4 is 0 Å². The molecular weight excluding hydrogens is 260 g/mol. The summed E-state index contributed by atoms with van der Waals surface area (Å²) in [5, 5.41) is 3.53. The molecule has 0 aliphatic carbocycles. The van der Waals surface area contributed by atoms with Crippen LogP contribution in [0.4, 0.5) is 0 Å². The smallest absolute Gasteiger partial charge is 0.0790 e. The fourth-order valence-corrected chi connectivity index (χ4v) is 4.67. The number of nitrogens with zero attached hydrogens (tertiary/aromatic N) is 1. The van der Waals surface area contributed by atoms with E-state index in [1.54, 1.807) is 0 Å². The first-order valence-corrected chi connectivity index (χ1v) is 8.90. The molecule has 0 aromatic heterocycles. The third-order valence-corrected chi connectivity index (χ3v) is 5.85. The molecule has 0 aromatic carbocycles. The van der Waals surface area contributed by atoms with Gasteiger partial charge in [0.25, 0.3) is 0 Å². The molecule has 3 heteroatoms. The normalized spacial score (nSPS) is 36.6. The maximum absolute atomic E-state index is 6.38. The van der Waals surface area contributed by atoms with E-state index in [1.807, 2.05) is 0 Å². The number of ether oxygens (including phenoxy) is 1. The molecule has 2 fully saturated rings. The topological polar surface area (TPSA) is 24.5 Å². The van der Waals surface area contributed by atoms with Gasteiger partial charge < -0.3 is 15.0 Å². The zero-order chi connectivity index (χ0) is 15.7. The number of likely N-dealkylation sites (tertiary alicyclic amines) is 1. The highest BCUT2D eigenvalue weighted by Crippen LogP contribution is 2.42. The molecule has 2 aliphatic heterocycles. The third kappa shape index (κ3) is 3.80. The first kappa shape index (κ1) is 17.2. The van der Waals surface area contributed by atoms with Crippen molar-refractivity contribution in [3.05, 3.63) is 0 Å². The van der Waals surface area contributed by atoms with E-state index >= 15 is 0 Å². The summed E-state index contributed by atoms with van der Waals surface area (Å²) < 4.78 is 6.38. The van der Waals surface area contributed by atoms with Crippen LogP contribution in [0.5, 0.6) is 0 Å². The lowest BCUT2D eigenvalue weighted by molar-refractivity contribution is -0.0793. The van der Waals surface area contributed by atoms with Crippen LogP contribution >= 0.6 is 0 Å². The molecule has 2 saturated heterocycles. The average molecular weight is 296 g/mol. The third-order valence-electron chi connectivity index (χ3n) is 5.85. The Labute approximate surface area is 131 Å². The molecule has 2 heterocycles. The molecule has 21 heavy (non-hydrogen) atoms. The Morgan fingerprint density at radius 1 is 1.10 bits per heavy atom. The molecule has 3 nitrogen and oxygen atoms in total. The van der Waals surface area contributed by atoms with Crippen LogP contribution < -0.4 is 5.32 Å². The first-order chi connectivity index (χ1) is 9.80. The summed E-state index contributed by atoms with van der Waals surface area (Å²) in [6.07, 6.45) is 5.49. The molecule has 2 rings (SSSR count). The Balaban J connectivity index is 2.03. The Morgan fingerprint density at radius 2 is 1.81 bits per heavy atom. The molecule has 3 unspecified atom stereocenters. The van der Waals surface area contributed by atoms with Crippen molar-refractivity contribution in [3.63, 3.8) is 0 Å². The lowest BCUT2D eigenvalue weighted by Crippen LogP contribution is -2.49. The summed E-state index contributed by atoms with van der Waals surface area (Å²) in [5.74, 6) is 1.50. The van der Waals surface area contributed by atoms with Crippen molar-refractivity contribution in [2.45, 2.75) is 77.5 Å². The highest BCUT2D eigenvalue weighted by molar-refractivity contribution is 5.05. The molecular formula is C18H36N2O. The average Bonchev–Trinajstić information content (AvgIpc) is 2.56. The van der Waals surface area contributed by atoms with Gasteiger partial charge in [0.1, 0.15) is 0 Å². The monoisotopic (exact) mass is 296 g/mol. The molecule has 2 aliphatic rings. The molecule has 3 atom stereocenters. The largest absolute Gasteiger partial charge is 0.368 e. The van der Waals surface area contributed by atoms with Crippen molar-refractivity contribution in [1.82, 2.24) is 10.2 Å². The van der Waals surface area contributed by atoms with Gasteiger partial charge >= 0.3 is 0 Å². The molecule has 0 saturated carbocycles. The van der Waals surface area contributed by atoms with E-state index in [-0.39, 0.29) is 11.2 Å². The van der Waals surface area contributed by atoms with Gasteiger partial charge in [-0.25, -0.2) is 0 Å². The number of rotatable bonds is 4. The van der Waals surface area contributed by atoms with Crippen LogP contribution in [0.15, 0.2) is 0 Å². The zero-order valence-corrected chi connectivity index (χ0v) is 15.0. The minimum Gasteiger partial charge on any atom is -0.368 e. The summed E-state index contributed by atoms with van der Waals surface area (Å²) in [5.41, 5.74) is -0.131. The van der Waals surface area contributed by atoms with Crippen molar-refractivity contribution in [1.29, 1.82) is 0 Å². The second kappa shape index (κ2) is 6.55. The van der Waals surface area contributed by atoms with E-state index in [9.17, 15) is 0 Å². The summed E-state index contributed by atoms with van der Waals surface area (Å²) >= 11 is 0. The van der Waals surface area contributed by atoms with Crippen molar-refractivity contribution in [3.8, 4) is 0 Å². The second-order valence-electron chi connectivity index (χ2n) is 8.19. The van der Waals surface area contributed by atoms with Crippen LogP contribution in [0.2, 0.25) is 0 Å². The predicted octanol–water partition coefficient (Wildman–Crippen LogP) is 3.29. The van der Waals surface area contributed by atoms with Gasteiger partial charge in [-0.05, 0) is 73.0 Å².